The number of ether oxygens (including phenoxy) is 1. The molecule has 0 saturated carbocycles. The third-order valence-corrected chi connectivity index (χ3v) is 6.11. The number of benzene rings is 2. The third-order valence-electron chi connectivity index (χ3n) is 6.11. The number of carbonyl (C=O) groups is 1. The highest BCUT2D eigenvalue weighted by Gasteiger charge is 2.37. The summed E-state index contributed by atoms with van der Waals surface area (Å²) in [7, 11) is 1.30. The standard InChI is InChI=1S/C26H24F6N4O2/c1-16-5-3-4-6-20(16)22-21(14-33-24(34-22)36-7-9-38-10-8-36)23(37)35(2)15-17-11-18(25(27,28)29)13-19(12-17)26(30,31)32/h3-6,11-14H,7-10,15H2,1-2H3. The maximum Gasteiger partial charge on any atom is 0.416 e. The highest BCUT2D eigenvalue weighted by Crippen LogP contribution is 2.37. The fraction of sp³-hybridized carbons (Fsp3) is 0.346. The van der Waals surface area contributed by atoms with Crippen molar-refractivity contribution in [2.75, 3.05) is 38.3 Å². The summed E-state index contributed by atoms with van der Waals surface area (Å²) in [6.07, 6.45) is -8.63. The normalized spacial score (nSPS) is 14.5. The quantitative estimate of drug-likeness (QED) is 0.396. The summed E-state index contributed by atoms with van der Waals surface area (Å²) in [4.78, 5) is 25.4. The number of rotatable bonds is 5. The lowest BCUT2D eigenvalue weighted by atomic mass is 10.0. The monoisotopic (exact) mass is 538 g/mol. The molecule has 6 nitrogen and oxygen atoms in total. The molecule has 0 aliphatic carbocycles. The summed E-state index contributed by atoms with van der Waals surface area (Å²) in [6, 6.07) is 8.49. The molecule has 1 amide bonds. The topological polar surface area (TPSA) is 58.6 Å². The first kappa shape index (κ1) is 27.4. The van der Waals surface area contributed by atoms with Gasteiger partial charge in [0.05, 0.1) is 35.6 Å². The molecule has 2 aromatic carbocycles. The first-order valence-corrected chi connectivity index (χ1v) is 11.6. The van der Waals surface area contributed by atoms with E-state index < -0.39 is 35.9 Å². The van der Waals surface area contributed by atoms with Crippen LogP contribution in [0.3, 0.4) is 0 Å². The van der Waals surface area contributed by atoms with Gasteiger partial charge in [0.1, 0.15) is 0 Å². The number of hydrogen-bond acceptors (Lipinski definition) is 5. The van der Waals surface area contributed by atoms with Gasteiger partial charge in [0, 0.05) is 38.4 Å². The van der Waals surface area contributed by atoms with Crippen LogP contribution in [0.15, 0.2) is 48.7 Å². The Morgan fingerprint density at radius 3 is 2.18 bits per heavy atom. The number of carbonyl (C=O) groups excluding carboxylic acids is 1. The van der Waals surface area contributed by atoms with Gasteiger partial charge in [-0.05, 0) is 36.2 Å². The molecular weight excluding hydrogens is 514 g/mol. The van der Waals surface area contributed by atoms with Crippen LogP contribution in [0.25, 0.3) is 11.3 Å². The molecule has 2 heterocycles. The molecular formula is C26H24F6N4O2. The molecule has 0 radical (unpaired) electrons. The zero-order valence-corrected chi connectivity index (χ0v) is 20.5. The number of alkyl halides is 6. The Balaban J connectivity index is 1.71. The highest BCUT2D eigenvalue weighted by atomic mass is 19.4. The van der Waals surface area contributed by atoms with Gasteiger partial charge in [-0.15, -0.1) is 0 Å². The Hall–Kier alpha value is -3.67. The lowest BCUT2D eigenvalue weighted by Gasteiger charge is -2.27. The lowest BCUT2D eigenvalue weighted by Crippen LogP contribution is -2.37. The van der Waals surface area contributed by atoms with Gasteiger partial charge >= 0.3 is 12.4 Å². The Kier molecular flexibility index (Phi) is 7.63. The summed E-state index contributed by atoms with van der Waals surface area (Å²) >= 11 is 0. The van der Waals surface area contributed by atoms with Crippen molar-refractivity contribution < 1.29 is 35.9 Å². The van der Waals surface area contributed by atoms with Gasteiger partial charge in [-0.3, -0.25) is 4.79 Å². The molecule has 0 N–H and O–H groups in total. The number of amides is 1. The Bertz CT molecular complexity index is 1290. The molecule has 1 aliphatic rings. The maximum atomic E-state index is 13.5. The molecule has 12 heteroatoms. The minimum absolute atomic E-state index is 0.0554. The summed E-state index contributed by atoms with van der Waals surface area (Å²) < 4.78 is 85.1. The van der Waals surface area contributed by atoms with E-state index in [1.54, 1.807) is 12.1 Å². The van der Waals surface area contributed by atoms with Crippen LogP contribution in [-0.2, 0) is 23.6 Å². The average Bonchev–Trinajstić information content (AvgIpc) is 2.87. The minimum Gasteiger partial charge on any atom is -0.378 e. The Morgan fingerprint density at radius 1 is 1.00 bits per heavy atom. The number of hydrogen-bond donors (Lipinski definition) is 0. The van der Waals surface area contributed by atoms with Gasteiger partial charge in [-0.1, -0.05) is 24.3 Å². The molecule has 1 aromatic heterocycles. The van der Waals surface area contributed by atoms with Crippen molar-refractivity contribution in [1.29, 1.82) is 0 Å². The summed E-state index contributed by atoms with van der Waals surface area (Å²) in [5.41, 5.74) is -1.34. The summed E-state index contributed by atoms with van der Waals surface area (Å²) in [6.45, 7) is 3.43. The third kappa shape index (κ3) is 6.07. The smallest absolute Gasteiger partial charge is 0.378 e. The van der Waals surface area contributed by atoms with Crippen molar-refractivity contribution in [3.05, 3.63) is 76.5 Å². The fourth-order valence-electron chi connectivity index (χ4n) is 4.15. The molecule has 0 atom stereocenters. The zero-order chi connectivity index (χ0) is 27.7. The Morgan fingerprint density at radius 2 is 1.61 bits per heavy atom. The molecule has 38 heavy (non-hydrogen) atoms. The molecule has 3 aromatic rings. The van der Waals surface area contributed by atoms with Gasteiger partial charge < -0.3 is 14.5 Å². The maximum absolute atomic E-state index is 13.5. The first-order valence-electron chi connectivity index (χ1n) is 11.6. The molecule has 202 valence electrons. The van der Waals surface area contributed by atoms with Gasteiger partial charge in [0.2, 0.25) is 5.95 Å². The minimum atomic E-state index is -4.99. The lowest BCUT2D eigenvalue weighted by molar-refractivity contribution is -0.143. The second-order valence-corrected chi connectivity index (χ2v) is 8.92. The van der Waals surface area contributed by atoms with E-state index in [2.05, 4.69) is 9.97 Å². The van der Waals surface area contributed by atoms with E-state index in [1.807, 2.05) is 24.0 Å². The van der Waals surface area contributed by atoms with Crippen LogP contribution < -0.4 is 4.90 Å². The molecule has 4 rings (SSSR count). The van der Waals surface area contributed by atoms with E-state index in [0.717, 1.165) is 10.5 Å². The van der Waals surface area contributed by atoms with Gasteiger partial charge in [0.15, 0.2) is 0 Å². The largest absolute Gasteiger partial charge is 0.416 e. The zero-order valence-electron chi connectivity index (χ0n) is 20.5. The van der Waals surface area contributed by atoms with Gasteiger partial charge in [-0.2, -0.15) is 26.3 Å². The van der Waals surface area contributed by atoms with Crippen LogP contribution in [0.1, 0.15) is 32.6 Å². The second-order valence-electron chi connectivity index (χ2n) is 8.92. The molecule has 1 saturated heterocycles. The number of aryl methyl sites for hydroxylation is 1. The van der Waals surface area contributed by atoms with Crippen LogP contribution in [0.2, 0.25) is 0 Å². The van der Waals surface area contributed by atoms with Crippen molar-refractivity contribution in [2.24, 2.45) is 0 Å². The number of nitrogens with zero attached hydrogens (tertiary/aromatic N) is 4. The SMILES string of the molecule is Cc1ccccc1-c1nc(N2CCOCC2)ncc1C(=O)N(C)Cc1cc(C(F)(F)F)cc(C(F)(F)F)c1. The highest BCUT2D eigenvalue weighted by molar-refractivity contribution is 6.00. The predicted octanol–water partition coefficient (Wildman–Crippen LogP) is 5.60. The van der Waals surface area contributed by atoms with E-state index in [4.69, 9.17) is 4.74 Å². The molecule has 0 bridgehead atoms. The Labute approximate surface area is 214 Å². The summed E-state index contributed by atoms with van der Waals surface area (Å²) in [5.74, 6) is -0.263. The molecule has 1 aliphatic heterocycles. The van der Waals surface area contributed by atoms with E-state index in [0.29, 0.717) is 55.6 Å². The summed E-state index contributed by atoms with van der Waals surface area (Å²) in [5, 5.41) is 0. The number of morpholine rings is 1. The first-order chi connectivity index (χ1) is 17.8. The van der Waals surface area contributed by atoms with Crippen LogP contribution in [0.5, 0.6) is 0 Å². The van der Waals surface area contributed by atoms with Crippen molar-refractivity contribution >= 4 is 11.9 Å². The molecule has 0 spiro atoms. The fourth-order valence-corrected chi connectivity index (χ4v) is 4.15. The van der Waals surface area contributed by atoms with Crippen molar-refractivity contribution in [1.82, 2.24) is 14.9 Å². The second kappa shape index (κ2) is 10.6. The van der Waals surface area contributed by atoms with Gasteiger partial charge in [-0.25, -0.2) is 9.97 Å². The molecule has 1 fully saturated rings. The van der Waals surface area contributed by atoms with E-state index in [9.17, 15) is 31.1 Å². The van der Waals surface area contributed by atoms with Crippen LogP contribution >= 0.6 is 0 Å². The van der Waals surface area contributed by atoms with E-state index >= 15 is 0 Å². The van der Waals surface area contributed by atoms with E-state index in [1.165, 1.54) is 13.2 Å². The number of aromatic nitrogens is 2. The molecule has 0 unspecified atom stereocenters. The predicted molar refractivity (Wildman–Crippen MR) is 127 cm³/mol. The van der Waals surface area contributed by atoms with Crippen molar-refractivity contribution in [3.8, 4) is 11.3 Å². The van der Waals surface area contributed by atoms with Crippen molar-refractivity contribution in [2.45, 2.75) is 25.8 Å². The van der Waals surface area contributed by atoms with Crippen LogP contribution in [-0.4, -0.2) is 54.1 Å². The average molecular weight is 538 g/mol. The van der Waals surface area contributed by atoms with E-state index in [-0.39, 0.29) is 17.2 Å². The number of halogens is 6. The van der Waals surface area contributed by atoms with Crippen molar-refractivity contribution in [3.63, 3.8) is 0 Å². The van der Waals surface area contributed by atoms with Crippen LogP contribution in [0, 0.1) is 6.92 Å². The number of anilines is 1. The van der Waals surface area contributed by atoms with Crippen LogP contribution in [0.4, 0.5) is 32.3 Å². The van der Waals surface area contributed by atoms with Gasteiger partial charge in [0.25, 0.3) is 5.91 Å².